The second-order valence-electron chi connectivity index (χ2n) is 3.65. The van der Waals surface area contributed by atoms with Crippen LogP contribution in [0.2, 0.25) is 0 Å². The first kappa shape index (κ1) is 8.49. The number of carbonyl (C=O) groups is 1. The van der Waals surface area contributed by atoms with Crippen LogP contribution in [0.1, 0.15) is 48.0 Å². The number of benzene rings is 1. The summed E-state index contributed by atoms with van der Waals surface area (Å²) < 4.78 is 0. The number of fused-ring (bicyclic) bond motifs is 1. The highest BCUT2D eigenvalue weighted by atomic mass is 16.1. The monoisotopic (exact) mass is 174 g/mol. The van der Waals surface area contributed by atoms with Gasteiger partial charge in [-0.05, 0) is 24.3 Å². The first-order valence-corrected chi connectivity index (χ1v) is 4.95. The third-order valence-corrected chi connectivity index (χ3v) is 2.91. The van der Waals surface area contributed by atoms with Crippen molar-refractivity contribution in [3.05, 3.63) is 35.4 Å². The maximum atomic E-state index is 11.5. The summed E-state index contributed by atoms with van der Waals surface area (Å²) in [6.07, 6.45) is 2.91. The van der Waals surface area contributed by atoms with Gasteiger partial charge < -0.3 is 0 Å². The highest BCUT2D eigenvalue weighted by molar-refractivity contribution is 5.98. The van der Waals surface area contributed by atoms with Crippen molar-refractivity contribution in [1.29, 1.82) is 0 Å². The molecular weight excluding hydrogens is 160 g/mol. The Balaban J connectivity index is 2.47. The Bertz CT molecular complexity index is 328. The van der Waals surface area contributed by atoms with Gasteiger partial charge in [0, 0.05) is 12.0 Å². The number of carbonyl (C=O) groups excluding carboxylic acids is 1. The lowest BCUT2D eigenvalue weighted by Crippen LogP contribution is -2.14. The van der Waals surface area contributed by atoms with Gasteiger partial charge in [0.15, 0.2) is 5.78 Å². The lowest BCUT2D eigenvalue weighted by atomic mass is 9.81. The molecule has 1 aromatic rings. The Kier molecular flexibility index (Phi) is 2.17. The molecule has 0 saturated heterocycles. The molecule has 1 nitrogen and oxygen atoms in total. The van der Waals surface area contributed by atoms with E-state index in [9.17, 15) is 4.79 Å². The summed E-state index contributed by atoms with van der Waals surface area (Å²) in [5.74, 6) is 0.925. The Morgan fingerprint density at radius 2 is 2.15 bits per heavy atom. The maximum Gasteiger partial charge on any atom is 0.163 e. The van der Waals surface area contributed by atoms with Crippen molar-refractivity contribution in [2.24, 2.45) is 0 Å². The van der Waals surface area contributed by atoms with E-state index in [-0.39, 0.29) is 0 Å². The molecule has 1 heteroatoms. The Hall–Kier alpha value is -1.11. The van der Waals surface area contributed by atoms with E-state index in [4.69, 9.17) is 0 Å². The average molecular weight is 174 g/mol. The van der Waals surface area contributed by atoms with E-state index in [1.807, 2.05) is 18.2 Å². The van der Waals surface area contributed by atoms with Gasteiger partial charge in [-0.15, -0.1) is 0 Å². The summed E-state index contributed by atoms with van der Waals surface area (Å²) in [6.45, 7) is 2.19. The molecular formula is C12H14O. The van der Waals surface area contributed by atoms with Crippen molar-refractivity contribution < 1.29 is 4.79 Å². The molecule has 0 saturated carbocycles. The molecule has 1 unspecified atom stereocenters. The maximum absolute atomic E-state index is 11.5. The highest BCUT2D eigenvalue weighted by Crippen LogP contribution is 2.33. The fourth-order valence-electron chi connectivity index (χ4n) is 2.13. The van der Waals surface area contributed by atoms with Crippen LogP contribution in [0.3, 0.4) is 0 Å². The standard InChI is InChI=1S/C12H14O/c1-2-9-7-8-12(13)11-6-4-3-5-10(9)11/h3-6,9H,2,7-8H2,1H3. The smallest absolute Gasteiger partial charge is 0.163 e. The van der Waals surface area contributed by atoms with Gasteiger partial charge in [-0.3, -0.25) is 4.79 Å². The minimum Gasteiger partial charge on any atom is -0.294 e. The van der Waals surface area contributed by atoms with Crippen LogP contribution >= 0.6 is 0 Å². The lowest BCUT2D eigenvalue weighted by Gasteiger charge is -2.23. The van der Waals surface area contributed by atoms with Crippen LogP contribution in [0.4, 0.5) is 0 Å². The molecule has 2 rings (SSSR count). The topological polar surface area (TPSA) is 17.1 Å². The zero-order chi connectivity index (χ0) is 9.26. The lowest BCUT2D eigenvalue weighted by molar-refractivity contribution is 0.0966. The van der Waals surface area contributed by atoms with E-state index in [2.05, 4.69) is 13.0 Å². The van der Waals surface area contributed by atoms with Gasteiger partial charge in [0.25, 0.3) is 0 Å². The van der Waals surface area contributed by atoms with Crippen LogP contribution in [-0.2, 0) is 0 Å². The van der Waals surface area contributed by atoms with E-state index in [0.717, 1.165) is 24.8 Å². The Morgan fingerprint density at radius 3 is 2.92 bits per heavy atom. The predicted molar refractivity (Wildman–Crippen MR) is 53.0 cm³/mol. The van der Waals surface area contributed by atoms with Crippen molar-refractivity contribution in [1.82, 2.24) is 0 Å². The Morgan fingerprint density at radius 1 is 1.38 bits per heavy atom. The van der Waals surface area contributed by atoms with Gasteiger partial charge in [0.2, 0.25) is 0 Å². The van der Waals surface area contributed by atoms with Crippen LogP contribution in [0.25, 0.3) is 0 Å². The van der Waals surface area contributed by atoms with Crippen molar-refractivity contribution in [2.75, 3.05) is 0 Å². The van der Waals surface area contributed by atoms with E-state index < -0.39 is 0 Å². The number of Topliss-reactive ketones (excluding diaryl/α,β-unsaturated/α-hetero) is 1. The van der Waals surface area contributed by atoms with Crippen LogP contribution in [-0.4, -0.2) is 5.78 Å². The van der Waals surface area contributed by atoms with Crippen LogP contribution < -0.4 is 0 Å². The Labute approximate surface area is 78.8 Å². The summed E-state index contributed by atoms with van der Waals surface area (Å²) in [5, 5.41) is 0. The number of rotatable bonds is 1. The van der Waals surface area contributed by atoms with Gasteiger partial charge >= 0.3 is 0 Å². The first-order chi connectivity index (χ1) is 6.33. The van der Waals surface area contributed by atoms with Crippen molar-refractivity contribution in [2.45, 2.75) is 32.1 Å². The first-order valence-electron chi connectivity index (χ1n) is 4.95. The van der Waals surface area contributed by atoms with Gasteiger partial charge in [0.05, 0.1) is 0 Å². The molecule has 13 heavy (non-hydrogen) atoms. The largest absolute Gasteiger partial charge is 0.294 e. The van der Waals surface area contributed by atoms with Crippen LogP contribution in [0, 0.1) is 0 Å². The predicted octanol–water partition coefficient (Wildman–Crippen LogP) is 3.16. The number of hydrogen-bond acceptors (Lipinski definition) is 1. The average Bonchev–Trinajstić information content (AvgIpc) is 2.19. The van der Waals surface area contributed by atoms with Crippen molar-refractivity contribution >= 4 is 5.78 Å². The van der Waals surface area contributed by atoms with Gasteiger partial charge in [0.1, 0.15) is 0 Å². The molecule has 1 aliphatic carbocycles. The molecule has 0 N–H and O–H groups in total. The molecule has 1 atom stereocenters. The molecule has 0 radical (unpaired) electrons. The third-order valence-electron chi connectivity index (χ3n) is 2.91. The molecule has 0 bridgehead atoms. The second-order valence-corrected chi connectivity index (χ2v) is 3.65. The summed E-state index contributed by atoms with van der Waals surface area (Å²) in [4.78, 5) is 11.5. The molecule has 0 spiro atoms. The van der Waals surface area contributed by atoms with Gasteiger partial charge in [-0.25, -0.2) is 0 Å². The van der Waals surface area contributed by atoms with Crippen molar-refractivity contribution in [3.63, 3.8) is 0 Å². The van der Waals surface area contributed by atoms with Crippen LogP contribution in [0.5, 0.6) is 0 Å². The molecule has 0 aromatic heterocycles. The highest BCUT2D eigenvalue weighted by Gasteiger charge is 2.23. The SMILES string of the molecule is CCC1CCC(=O)c2ccccc21. The zero-order valence-electron chi connectivity index (χ0n) is 7.92. The van der Waals surface area contributed by atoms with E-state index in [1.165, 1.54) is 5.56 Å². The number of hydrogen-bond donors (Lipinski definition) is 0. The summed E-state index contributed by atoms with van der Waals surface area (Å²) in [5.41, 5.74) is 2.22. The van der Waals surface area contributed by atoms with E-state index in [0.29, 0.717) is 11.7 Å². The van der Waals surface area contributed by atoms with E-state index in [1.54, 1.807) is 0 Å². The number of ketones is 1. The summed E-state index contributed by atoms with van der Waals surface area (Å²) in [6, 6.07) is 8.04. The zero-order valence-corrected chi connectivity index (χ0v) is 7.92. The van der Waals surface area contributed by atoms with Gasteiger partial charge in [-0.2, -0.15) is 0 Å². The van der Waals surface area contributed by atoms with Crippen molar-refractivity contribution in [3.8, 4) is 0 Å². The fraction of sp³-hybridized carbons (Fsp3) is 0.417. The molecule has 68 valence electrons. The second kappa shape index (κ2) is 3.33. The normalized spacial score (nSPS) is 21.3. The molecule has 0 aliphatic heterocycles. The van der Waals surface area contributed by atoms with E-state index >= 15 is 0 Å². The summed E-state index contributed by atoms with van der Waals surface area (Å²) >= 11 is 0. The molecule has 0 amide bonds. The fourth-order valence-corrected chi connectivity index (χ4v) is 2.13. The molecule has 0 fully saturated rings. The third kappa shape index (κ3) is 1.39. The van der Waals surface area contributed by atoms with Gasteiger partial charge in [-0.1, -0.05) is 31.2 Å². The minimum absolute atomic E-state index is 0.320. The molecule has 0 heterocycles. The molecule has 1 aromatic carbocycles. The van der Waals surface area contributed by atoms with Crippen LogP contribution in [0.15, 0.2) is 24.3 Å². The minimum atomic E-state index is 0.320. The quantitative estimate of drug-likeness (QED) is 0.639. The molecule has 1 aliphatic rings. The summed E-state index contributed by atoms with van der Waals surface area (Å²) in [7, 11) is 0.